The zero-order valence-electron chi connectivity index (χ0n) is 25.3. The quantitative estimate of drug-likeness (QED) is 0.0371. The Hall–Kier alpha value is -3.60. The molecule has 1 fully saturated rings. The Morgan fingerprint density at radius 3 is 2.40 bits per heavy atom. The number of imidazole rings is 1. The second-order valence-corrected chi connectivity index (χ2v) is 16.3. The van der Waals surface area contributed by atoms with Crippen LogP contribution in [0.25, 0.3) is 32.4 Å². The van der Waals surface area contributed by atoms with Gasteiger partial charge in [0.05, 0.1) is 6.61 Å². The molecule has 2 unspecified atom stereocenters. The van der Waals surface area contributed by atoms with Gasteiger partial charge in [-0.15, -0.1) is 0 Å². The summed E-state index contributed by atoms with van der Waals surface area (Å²) in [7, 11) is -18.7. The minimum absolute atomic E-state index is 0.142. The van der Waals surface area contributed by atoms with Crippen LogP contribution in [-0.4, -0.2) is 91.6 Å². The van der Waals surface area contributed by atoms with Crippen molar-refractivity contribution in [3.8, 4) is 0 Å². The molecule has 2 aromatic carbocycles. The molecule has 0 saturated carbocycles. The van der Waals surface area contributed by atoms with Crippen molar-refractivity contribution in [2.45, 2.75) is 29.4 Å². The first-order valence-electron chi connectivity index (χ1n) is 13.5. The number of fused-ring (bicyclic) bond motifs is 2. The number of aliphatic hydroxyl groups excluding tert-OH is 1. The molecule has 24 nitrogen and oxygen atoms in total. The molecule has 0 amide bonds. The third-order valence-corrected chi connectivity index (χ3v) is 12.0. The monoisotopic (exact) mass is 781 g/mol. The first-order valence-corrected chi connectivity index (χ1v) is 19.4. The number of anilines is 2. The maximum Gasteiger partial charge on any atom is 0.490 e. The van der Waals surface area contributed by atoms with Gasteiger partial charge in [0.2, 0.25) is 5.95 Å². The summed E-state index contributed by atoms with van der Waals surface area (Å²) in [5.41, 5.74) is 15.4. The lowest BCUT2D eigenvalue weighted by Crippen LogP contribution is -2.37. The molecular formula is C22H26N9O15P3S. The highest BCUT2D eigenvalue weighted by molar-refractivity contribution is 7.87. The summed E-state index contributed by atoms with van der Waals surface area (Å²) in [6, 6.07) is 9.26. The predicted octanol–water partition coefficient (Wildman–Crippen LogP) is 1.95. The second-order valence-electron chi connectivity index (χ2n) is 10.4. The topological polar surface area (TPSA) is 354 Å². The van der Waals surface area contributed by atoms with Crippen LogP contribution in [0.4, 0.5) is 17.5 Å². The normalized spacial score (nSPS) is 22.2. The molecule has 50 heavy (non-hydrogen) atoms. The van der Waals surface area contributed by atoms with Gasteiger partial charge in [0, 0.05) is 35.5 Å². The third kappa shape index (κ3) is 7.98. The first kappa shape index (κ1) is 37.7. The van der Waals surface area contributed by atoms with Crippen molar-refractivity contribution in [2.24, 2.45) is 5.11 Å². The van der Waals surface area contributed by atoms with Gasteiger partial charge in [0.1, 0.15) is 23.4 Å². The number of azide groups is 1. The van der Waals surface area contributed by atoms with Gasteiger partial charge in [-0.25, -0.2) is 28.6 Å². The van der Waals surface area contributed by atoms with Gasteiger partial charge in [0.25, 0.3) is 10.1 Å². The summed E-state index contributed by atoms with van der Waals surface area (Å²) < 4.78 is 87.3. The number of hydrogen-bond donors (Lipinski definition) is 6. The van der Waals surface area contributed by atoms with Crippen molar-refractivity contribution in [1.29, 1.82) is 0 Å². The van der Waals surface area contributed by atoms with Crippen molar-refractivity contribution in [2.75, 3.05) is 31.3 Å². The summed E-state index contributed by atoms with van der Waals surface area (Å²) in [5.74, 6) is -0.726. The molecule has 0 aliphatic carbocycles. The van der Waals surface area contributed by atoms with E-state index < -0.39 is 70.7 Å². The van der Waals surface area contributed by atoms with Crippen LogP contribution in [0, 0.1) is 0 Å². The molecule has 1 aliphatic heterocycles. The lowest BCUT2D eigenvalue weighted by molar-refractivity contribution is -0.0467. The van der Waals surface area contributed by atoms with Crippen molar-refractivity contribution in [3.05, 3.63) is 53.2 Å². The molecule has 6 atom stereocenters. The van der Waals surface area contributed by atoms with E-state index in [1.54, 1.807) is 37.2 Å². The van der Waals surface area contributed by atoms with E-state index in [-0.39, 0.29) is 27.3 Å². The molecule has 0 radical (unpaired) electrons. The van der Waals surface area contributed by atoms with Gasteiger partial charge >= 0.3 is 23.5 Å². The smallest absolute Gasteiger partial charge is 0.387 e. The van der Waals surface area contributed by atoms with Crippen molar-refractivity contribution in [3.63, 3.8) is 0 Å². The molecule has 5 rings (SSSR count). The molecule has 2 aromatic heterocycles. The highest BCUT2D eigenvalue weighted by Crippen LogP contribution is 2.66. The molecule has 4 aromatic rings. The fourth-order valence-corrected chi connectivity index (χ4v) is 9.30. The number of nitrogens with zero attached hydrogens (tertiary/aromatic N) is 8. The van der Waals surface area contributed by atoms with E-state index in [9.17, 15) is 42.5 Å². The van der Waals surface area contributed by atoms with Crippen LogP contribution < -0.4 is 10.6 Å². The summed E-state index contributed by atoms with van der Waals surface area (Å²) in [6.45, 7) is -1.22. The van der Waals surface area contributed by atoms with Crippen LogP contribution in [0.3, 0.4) is 0 Å². The maximum atomic E-state index is 13.9. The van der Waals surface area contributed by atoms with Crippen LogP contribution in [0.5, 0.6) is 0 Å². The molecule has 7 N–H and O–H groups in total. The van der Waals surface area contributed by atoms with E-state index in [1.807, 2.05) is 0 Å². The number of benzene rings is 2. The molecule has 3 heterocycles. The van der Waals surface area contributed by atoms with Gasteiger partial charge in [-0.05, 0) is 22.8 Å². The minimum Gasteiger partial charge on any atom is -0.387 e. The number of ether oxygens (including phenoxy) is 1. The minimum atomic E-state index is -5.91. The fourth-order valence-electron chi connectivity index (χ4n) is 4.97. The van der Waals surface area contributed by atoms with E-state index in [0.717, 1.165) is 10.9 Å². The largest absolute Gasteiger partial charge is 0.490 e. The van der Waals surface area contributed by atoms with Gasteiger partial charge < -0.3 is 40.1 Å². The number of aromatic nitrogens is 4. The SMILES string of the molecule is CN(C)c1cccc2c(S(=O)(=O)O[C@@H]3[C@H](O)[C@@H](COP(=O)(O)OP(=O)(O)OP(=O)(O)O)O[C@H]3n3c(N=[N+]=[N-])nc4c(N)ncnc43)cccc12. The number of nitrogen functional groups attached to an aromatic ring is 1. The van der Waals surface area contributed by atoms with E-state index in [0.29, 0.717) is 11.1 Å². The number of rotatable bonds is 13. The lowest BCUT2D eigenvalue weighted by Gasteiger charge is -2.23. The molecular weight excluding hydrogens is 755 g/mol. The summed E-state index contributed by atoms with van der Waals surface area (Å²) >= 11 is 0. The van der Waals surface area contributed by atoms with E-state index >= 15 is 0 Å². The Morgan fingerprint density at radius 2 is 1.74 bits per heavy atom. The Morgan fingerprint density at radius 1 is 1.06 bits per heavy atom. The van der Waals surface area contributed by atoms with Gasteiger partial charge in [-0.1, -0.05) is 24.3 Å². The van der Waals surface area contributed by atoms with Gasteiger partial charge in [-0.2, -0.15) is 17.0 Å². The average molecular weight is 781 g/mol. The van der Waals surface area contributed by atoms with Crippen molar-refractivity contribution < 1.29 is 68.9 Å². The second kappa shape index (κ2) is 13.8. The lowest BCUT2D eigenvalue weighted by atomic mass is 10.1. The summed E-state index contributed by atoms with van der Waals surface area (Å²) in [5, 5.41) is 15.6. The third-order valence-electron chi connectivity index (χ3n) is 6.85. The Kier molecular flexibility index (Phi) is 10.4. The molecule has 1 aliphatic rings. The van der Waals surface area contributed by atoms with E-state index in [1.165, 1.54) is 18.2 Å². The van der Waals surface area contributed by atoms with Crippen LogP contribution in [0.1, 0.15) is 6.23 Å². The molecule has 270 valence electrons. The maximum absolute atomic E-state index is 13.9. The molecule has 0 bridgehead atoms. The van der Waals surface area contributed by atoms with Crippen LogP contribution in [-0.2, 0) is 45.9 Å². The summed E-state index contributed by atoms with van der Waals surface area (Å²) in [6.07, 6.45) is -6.78. The standard InChI is InChI=1S/C22H26N9O15P3S/c1-30(2)13-7-3-6-12-11(13)5-4-8-15(12)50(40,41)44-18-17(32)14(9-42-48(36,37)46-49(38,39)45-47(33,34)35)43-21(18)31-20-16(19(23)25-10-26-20)27-22(31)28-29-24/h3-8,10,14,17-18,21,32H,9H2,1-2H3,(H,36,37)(H,38,39)(H2,23,25,26)(H2,33,34,35)/t14-,17-,18-,21-/m1/s1. The van der Waals surface area contributed by atoms with Gasteiger partial charge in [-0.3, -0.25) is 13.3 Å². The van der Waals surface area contributed by atoms with E-state index in [4.69, 9.17) is 24.4 Å². The highest BCUT2D eigenvalue weighted by atomic mass is 32.2. The highest BCUT2D eigenvalue weighted by Gasteiger charge is 2.51. The zero-order valence-corrected chi connectivity index (χ0v) is 28.8. The number of nitrogens with two attached hydrogens (primary N) is 1. The number of hydrogen-bond acceptors (Lipinski definition) is 17. The first-order chi connectivity index (χ1) is 23.2. The Bertz CT molecular complexity index is 2260. The van der Waals surface area contributed by atoms with Crippen LogP contribution in [0.15, 0.2) is 52.7 Å². The molecule has 0 spiro atoms. The summed E-state index contributed by atoms with van der Waals surface area (Å²) in [4.78, 5) is 52.9. The predicted molar refractivity (Wildman–Crippen MR) is 169 cm³/mol. The Balaban J connectivity index is 1.55. The number of aliphatic hydroxyl groups is 1. The number of phosphoric ester groups is 1. The number of phosphoric acid groups is 3. The average Bonchev–Trinajstić information content (AvgIpc) is 3.50. The van der Waals surface area contributed by atoms with Crippen molar-refractivity contribution >= 4 is 73.0 Å². The van der Waals surface area contributed by atoms with Crippen LogP contribution >= 0.6 is 23.5 Å². The van der Waals surface area contributed by atoms with Crippen molar-refractivity contribution in [1.82, 2.24) is 19.5 Å². The molecule has 1 saturated heterocycles. The van der Waals surface area contributed by atoms with Gasteiger partial charge in [0.15, 0.2) is 29.3 Å². The fraction of sp³-hybridized carbons (Fsp3) is 0.318. The van der Waals surface area contributed by atoms with Crippen LogP contribution in [0.2, 0.25) is 0 Å². The zero-order chi connectivity index (χ0) is 36.8. The molecule has 28 heteroatoms. The Labute approximate surface area is 280 Å². The van der Waals surface area contributed by atoms with E-state index in [2.05, 4.69) is 38.1 Å².